The van der Waals surface area contributed by atoms with Crippen LogP contribution < -0.4 is 0 Å². The summed E-state index contributed by atoms with van der Waals surface area (Å²) in [7, 11) is 0. The Labute approximate surface area is 121 Å². The van der Waals surface area contributed by atoms with Crippen molar-refractivity contribution in [2.45, 2.75) is 26.3 Å². The number of rotatable bonds is 4. The Morgan fingerprint density at radius 3 is 3.00 bits per heavy atom. The van der Waals surface area contributed by atoms with Crippen molar-refractivity contribution in [2.75, 3.05) is 0 Å². The van der Waals surface area contributed by atoms with E-state index in [1.165, 1.54) is 19.8 Å². The minimum absolute atomic E-state index is 0.121. The van der Waals surface area contributed by atoms with Crippen LogP contribution in [0.2, 0.25) is 5.15 Å². The fraction of sp³-hybridized carbons (Fsp3) is 0.357. The molecule has 20 heavy (non-hydrogen) atoms. The molecule has 2 aromatic heterocycles. The third kappa shape index (κ3) is 2.54. The molecule has 2 heterocycles. The van der Waals surface area contributed by atoms with Gasteiger partial charge in [0.25, 0.3) is 0 Å². The predicted molar refractivity (Wildman–Crippen MR) is 78.1 cm³/mol. The van der Waals surface area contributed by atoms with Gasteiger partial charge in [0, 0.05) is 30.6 Å². The normalized spacial score (nSPS) is 15.8. The number of halogens is 1. The summed E-state index contributed by atoms with van der Waals surface area (Å²) < 4.78 is 2.03. The van der Waals surface area contributed by atoms with E-state index in [9.17, 15) is 10.1 Å². The molecule has 0 saturated heterocycles. The van der Waals surface area contributed by atoms with Gasteiger partial charge in [-0.2, -0.15) is 0 Å². The van der Waals surface area contributed by atoms with Crippen molar-refractivity contribution in [1.29, 1.82) is 0 Å². The molecule has 1 aliphatic rings. The summed E-state index contributed by atoms with van der Waals surface area (Å²) in [6, 6.07) is 5.56. The quantitative estimate of drug-likeness (QED) is 0.490. The van der Waals surface area contributed by atoms with Crippen molar-refractivity contribution >= 4 is 28.7 Å². The van der Waals surface area contributed by atoms with Crippen LogP contribution in [0.5, 0.6) is 0 Å². The molecular weight excluding hydrogens is 278 g/mol. The molecule has 0 N–H and O–H groups in total. The molecule has 0 spiro atoms. The molecule has 0 aliphatic heterocycles. The molecule has 2 aromatic rings. The lowest BCUT2D eigenvalue weighted by atomic mass is 10.3. The molecule has 0 amide bonds. The highest BCUT2D eigenvalue weighted by Gasteiger charge is 2.24. The number of nitrogens with zero attached hydrogens (tertiary/aromatic N) is 3. The average Bonchev–Trinajstić information content (AvgIpc) is 3.15. The van der Waals surface area contributed by atoms with Crippen LogP contribution in [0.15, 0.2) is 23.9 Å². The first-order chi connectivity index (χ1) is 9.54. The Bertz CT molecular complexity index is 717. The number of pyridine rings is 1. The van der Waals surface area contributed by atoms with Crippen LogP contribution in [0.1, 0.15) is 25.5 Å². The van der Waals surface area contributed by atoms with E-state index >= 15 is 0 Å². The van der Waals surface area contributed by atoms with Crippen LogP contribution in [-0.2, 0) is 6.54 Å². The molecule has 1 saturated carbocycles. The largest absolute Gasteiger partial charge is 0.325 e. The summed E-state index contributed by atoms with van der Waals surface area (Å²) >= 11 is 5.96. The molecular formula is C14H14ClN3O2. The summed E-state index contributed by atoms with van der Waals surface area (Å²) in [4.78, 5) is 14.8. The van der Waals surface area contributed by atoms with Gasteiger partial charge in [-0.15, -0.1) is 0 Å². The van der Waals surface area contributed by atoms with Gasteiger partial charge in [0.15, 0.2) is 0 Å². The van der Waals surface area contributed by atoms with E-state index in [2.05, 4.69) is 4.98 Å². The maximum atomic E-state index is 10.8. The van der Waals surface area contributed by atoms with E-state index in [1.54, 1.807) is 12.1 Å². The van der Waals surface area contributed by atoms with Gasteiger partial charge in [-0.1, -0.05) is 11.6 Å². The van der Waals surface area contributed by atoms with E-state index in [1.807, 2.05) is 16.7 Å². The molecule has 0 bridgehead atoms. The van der Waals surface area contributed by atoms with Crippen LogP contribution in [0.3, 0.4) is 0 Å². The lowest BCUT2D eigenvalue weighted by Gasteiger charge is -2.06. The van der Waals surface area contributed by atoms with E-state index < -0.39 is 0 Å². The molecule has 5 nitrogen and oxygen atoms in total. The number of hydrogen-bond donors (Lipinski definition) is 0. The first kappa shape index (κ1) is 13.1. The zero-order chi connectivity index (χ0) is 14.3. The molecule has 0 radical (unpaired) electrons. The highest BCUT2D eigenvalue weighted by Crippen LogP contribution is 2.33. The maximum Gasteiger partial charge on any atom is 0.245 e. The van der Waals surface area contributed by atoms with Gasteiger partial charge in [0.2, 0.25) is 5.70 Å². The van der Waals surface area contributed by atoms with Crippen molar-refractivity contribution < 1.29 is 4.92 Å². The van der Waals surface area contributed by atoms with Gasteiger partial charge in [-0.05, 0) is 37.0 Å². The molecule has 3 rings (SSSR count). The predicted octanol–water partition coefficient (Wildman–Crippen LogP) is 3.74. The van der Waals surface area contributed by atoms with Crippen molar-refractivity contribution in [2.24, 2.45) is 5.92 Å². The number of fused-ring (bicyclic) bond motifs is 1. The first-order valence-corrected chi connectivity index (χ1v) is 6.91. The summed E-state index contributed by atoms with van der Waals surface area (Å²) in [6.45, 7) is 2.34. The van der Waals surface area contributed by atoms with Crippen molar-refractivity contribution in [3.63, 3.8) is 0 Å². The fourth-order valence-electron chi connectivity index (χ4n) is 2.26. The van der Waals surface area contributed by atoms with Crippen LogP contribution in [0.4, 0.5) is 0 Å². The Balaban J connectivity index is 2.13. The maximum absolute atomic E-state index is 10.8. The summed E-state index contributed by atoms with van der Waals surface area (Å²) in [5.74, 6) is 0.648. The second-order valence-electron chi connectivity index (χ2n) is 5.21. The van der Waals surface area contributed by atoms with Crippen LogP contribution in [-0.4, -0.2) is 14.5 Å². The number of allylic oxidation sites excluding steroid dienone is 1. The third-order valence-corrected chi connectivity index (χ3v) is 3.74. The van der Waals surface area contributed by atoms with E-state index in [4.69, 9.17) is 11.6 Å². The number of aromatic nitrogens is 2. The van der Waals surface area contributed by atoms with E-state index in [0.717, 1.165) is 23.3 Å². The zero-order valence-corrected chi connectivity index (χ0v) is 11.8. The van der Waals surface area contributed by atoms with Gasteiger partial charge >= 0.3 is 0 Å². The molecule has 0 aromatic carbocycles. The Morgan fingerprint density at radius 2 is 2.35 bits per heavy atom. The van der Waals surface area contributed by atoms with E-state index in [-0.39, 0.29) is 10.6 Å². The highest BCUT2D eigenvalue weighted by atomic mass is 35.5. The van der Waals surface area contributed by atoms with Crippen LogP contribution in [0, 0.1) is 16.0 Å². The van der Waals surface area contributed by atoms with E-state index in [0.29, 0.717) is 11.1 Å². The number of nitro groups is 1. The lowest BCUT2D eigenvalue weighted by molar-refractivity contribution is -0.422. The smallest absolute Gasteiger partial charge is 0.245 e. The second-order valence-corrected chi connectivity index (χ2v) is 5.60. The Hall–Kier alpha value is -1.88. The Kier molecular flexibility index (Phi) is 3.22. The molecule has 104 valence electrons. The standard InChI is InChI=1S/C14H14ClN3O2/c1-9(18(19)20)6-12-7-11-4-5-13(15)16-14(11)17(12)8-10-2-3-10/h4-7,10H,2-3,8H2,1H3/b9-6+. The summed E-state index contributed by atoms with van der Waals surface area (Å²) in [6.07, 6.45) is 4.01. The minimum Gasteiger partial charge on any atom is -0.325 e. The van der Waals surface area contributed by atoms with Crippen LogP contribution >= 0.6 is 11.6 Å². The molecule has 0 unspecified atom stereocenters. The second kappa shape index (κ2) is 4.90. The van der Waals surface area contributed by atoms with Crippen molar-refractivity contribution in [3.8, 4) is 0 Å². The summed E-state index contributed by atoms with van der Waals surface area (Å²) in [5.41, 5.74) is 1.73. The monoisotopic (exact) mass is 291 g/mol. The molecule has 0 atom stereocenters. The van der Waals surface area contributed by atoms with Gasteiger partial charge in [0.1, 0.15) is 10.8 Å². The third-order valence-electron chi connectivity index (χ3n) is 3.52. The SMILES string of the molecule is C/C(=C\c1cc2ccc(Cl)nc2n1CC1CC1)[N+](=O)[O-]. The fourth-order valence-corrected chi connectivity index (χ4v) is 2.40. The Morgan fingerprint density at radius 1 is 1.60 bits per heavy atom. The van der Waals surface area contributed by atoms with Crippen molar-refractivity contribution in [3.05, 3.63) is 44.9 Å². The van der Waals surface area contributed by atoms with Gasteiger partial charge in [0.05, 0.1) is 4.92 Å². The topological polar surface area (TPSA) is 61.0 Å². The van der Waals surface area contributed by atoms with Crippen LogP contribution in [0.25, 0.3) is 17.1 Å². The molecule has 6 heteroatoms. The highest BCUT2D eigenvalue weighted by molar-refractivity contribution is 6.29. The summed E-state index contributed by atoms with van der Waals surface area (Å²) in [5, 5.41) is 12.2. The van der Waals surface area contributed by atoms with Gasteiger partial charge in [-0.25, -0.2) is 4.98 Å². The molecule has 1 aliphatic carbocycles. The number of hydrogen-bond acceptors (Lipinski definition) is 3. The first-order valence-electron chi connectivity index (χ1n) is 6.53. The zero-order valence-electron chi connectivity index (χ0n) is 11.0. The van der Waals surface area contributed by atoms with Crippen molar-refractivity contribution in [1.82, 2.24) is 9.55 Å². The van der Waals surface area contributed by atoms with Gasteiger partial charge in [-0.3, -0.25) is 10.1 Å². The molecule has 1 fully saturated rings. The average molecular weight is 292 g/mol. The minimum atomic E-state index is -0.375. The lowest BCUT2D eigenvalue weighted by Crippen LogP contribution is -2.04. The van der Waals surface area contributed by atoms with Gasteiger partial charge < -0.3 is 4.57 Å².